The molecule has 0 spiro atoms. The predicted molar refractivity (Wildman–Crippen MR) is 67.4 cm³/mol. The Hall–Kier alpha value is -1.90. The summed E-state index contributed by atoms with van der Waals surface area (Å²) >= 11 is 0. The first kappa shape index (κ1) is 11.6. The predicted octanol–water partition coefficient (Wildman–Crippen LogP) is 3.45. The van der Waals surface area contributed by atoms with Crippen molar-refractivity contribution in [2.24, 2.45) is 0 Å². The normalized spacial score (nSPS) is 10.3. The molecule has 1 aromatic carbocycles. The van der Waals surface area contributed by atoms with Crippen LogP contribution in [0.2, 0.25) is 0 Å². The summed E-state index contributed by atoms with van der Waals surface area (Å²) in [5.74, 6) is -0.218. The van der Waals surface area contributed by atoms with Gasteiger partial charge in [-0.15, -0.1) is 0 Å². The number of rotatable bonds is 3. The highest BCUT2D eigenvalue weighted by Gasteiger charge is 2.01. The fourth-order valence-electron chi connectivity index (χ4n) is 1.56. The molecule has 0 fully saturated rings. The average molecular weight is 230 g/mol. The summed E-state index contributed by atoms with van der Waals surface area (Å²) in [6, 6.07) is 9.10. The summed E-state index contributed by atoms with van der Waals surface area (Å²) in [6.07, 6.45) is 1.80. The van der Waals surface area contributed by atoms with E-state index in [1.54, 1.807) is 12.3 Å². The van der Waals surface area contributed by atoms with Gasteiger partial charge in [-0.2, -0.15) is 0 Å². The smallest absolute Gasteiger partial charge is 0.146 e. The van der Waals surface area contributed by atoms with Crippen molar-refractivity contribution in [3.63, 3.8) is 0 Å². The number of nitrogens with zero attached hydrogens (tertiary/aromatic N) is 1. The van der Waals surface area contributed by atoms with E-state index in [2.05, 4.69) is 10.3 Å². The molecule has 0 unspecified atom stereocenters. The monoisotopic (exact) mass is 230 g/mol. The van der Waals surface area contributed by atoms with Crippen LogP contribution in [0.4, 0.5) is 10.1 Å². The molecular weight excluding hydrogens is 215 g/mol. The minimum absolute atomic E-state index is 0.218. The lowest BCUT2D eigenvalue weighted by Crippen LogP contribution is -2.02. The number of nitrogens with one attached hydrogen (secondary N) is 1. The van der Waals surface area contributed by atoms with Crippen LogP contribution in [0.25, 0.3) is 0 Å². The van der Waals surface area contributed by atoms with Crippen LogP contribution in [0.5, 0.6) is 0 Å². The molecule has 1 N–H and O–H groups in total. The van der Waals surface area contributed by atoms with Crippen LogP contribution in [-0.2, 0) is 6.54 Å². The maximum Gasteiger partial charge on any atom is 0.146 e. The van der Waals surface area contributed by atoms with Gasteiger partial charge < -0.3 is 5.32 Å². The summed E-state index contributed by atoms with van der Waals surface area (Å²) in [5, 5.41) is 3.06. The van der Waals surface area contributed by atoms with Crippen molar-refractivity contribution in [3.8, 4) is 0 Å². The molecule has 3 heteroatoms. The van der Waals surface area contributed by atoms with Crippen molar-refractivity contribution in [1.29, 1.82) is 0 Å². The van der Waals surface area contributed by atoms with Crippen LogP contribution in [-0.4, -0.2) is 4.98 Å². The Balaban J connectivity index is 2.04. The van der Waals surface area contributed by atoms with Crippen molar-refractivity contribution in [1.82, 2.24) is 4.98 Å². The number of hydrogen-bond acceptors (Lipinski definition) is 2. The van der Waals surface area contributed by atoms with Crippen LogP contribution >= 0.6 is 0 Å². The lowest BCUT2D eigenvalue weighted by atomic mass is 10.2. The van der Waals surface area contributed by atoms with Crippen molar-refractivity contribution in [2.45, 2.75) is 20.4 Å². The van der Waals surface area contributed by atoms with E-state index in [1.165, 1.54) is 6.07 Å². The Bertz CT molecular complexity index is 506. The van der Waals surface area contributed by atoms with Gasteiger partial charge in [0.2, 0.25) is 0 Å². The maximum atomic E-state index is 13.5. The van der Waals surface area contributed by atoms with Crippen molar-refractivity contribution >= 4 is 5.69 Å². The molecule has 2 aromatic rings. The summed E-state index contributed by atoms with van der Waals surface area (Å²) in [6.45, 7) is 4.39. The topological polar surface area (TPSA) is 24.9 Å². The Kier molecular flexibility index (Phi) is 3.38. The van der Waals surface area contributed by atoms with Gasteiger partial charge in [-0.05, 0) is 43.2 Å². The molecule has 17 heavy (non-hydrogen) atoms. The first-order valence-electron chi connectivity index (χ1n) is 5.57. The number of aryl methyl sites for hydroxylation is 2. The molecule has 0 saturated heterocycles. The zero-order valence-electron chi connectivity index (χ0n) is 10.00. The second-order valence-corrected chi connectivity index (χ2v) is 4.14. The van der Waals surface area contributed by atoms with Crippen molar-refractivity contribution in [3.05, 3.63) is 59.2 Å². The largest absolute Gasteiger partial charge is 0.379 e. The van der Waals surface area contributed by atoms with E-state index in [-0.39, 0.29) is 5.82 Å². The lowest BCUT2D eigenvalue weighted by molar-refractivity contribution is 0.629. The number of hydrogen-bond donors (Lipinski definition) is 1. The lowest BCUT2D eigenvalue weighted by Gasteiger charge is -2.08. The zero-order chi connectivity index (χ0) is 12.3. The van der Waals surface area contributed by atoms with Crippen LogP contribution in [0, 0.1) is 19.7 Å². The molecule has 0 atom stereocenters. The Morgan fingerprint density at radius 1 is 1.18 bits per heavy atom. The fraction of sp³-hybridized carbons (Fsp3) is 0.214. The van der Waals surface area contributed by atoms with Gasteiger partial charge in [0, 0.05) is 18.4 Å². The highest BCUT2D eigenvalue weighted by Crippen LogP contribution is 2.16. The minimum atomic E-state index is -0.218. The molecule has 0 amide bonds. The van der Waals surface area contributed by atoms with Gasteiger partial charge in [0.15, 0.2) is 0 Å². The van der Waals surface area contributed by atoms with Crippen LogP contribution in [0.15, 0.2) is 36.5 Å². The minimum Gasteiger partial charge on any atom is -0.379 e. The van der Waals surface area contributed by atoms with Gasteiger partial charge in [-0.1, -0.05) is 12.1 Å². The number of pyridine rings is 1. The Morgan fingerprint density at radius 3 is 2.65 bits per heavy atom. The Morgan fingerprint density at radius 2 is 2.00 bits per heavy atom. The van der Waals surface area contributed by atoms with Gasteiger partial charge in [-0.3, -0.25) is 4.98 Å². The van der Waals surface area contributed by atoms with Gasteiger partial charge in [-0.25, -0.2) is 4.39 Å². The third-order valence-electron chi connectivity index (χ3n) is 2.58. The van der Waals surface area contributed by atoms with Gasteiger partial charge in [0.05, 0.1) is 5.69 Å². The molecule has 1 aromatic heterocycles. The molecule has 0 aliphatic rings. The molecule has 0 aliphatic carbocycles. The van der Waals surface area contributed by atoms with E-state index in [4.69, 9.17) is 0 Å². The number of halogens is 1. The van der Waals surface area contributed by atoms with E-state index in [1.807, 2.05) is 32.0 Å². The first-order valence-corrected chi connectivity index (χ1v) is 5.57. The Labute approximate surface area is 101 Å². The van der Waals surface area contributed by atoms with E-state index in [0.717, 1.165) is 16.8 Å². The highest BCUT2D eigenvalue weighted by atomic mass is 19.1. The highest BCUT2D eigenvalue weighted by molar-refractivity contribution is 5.46. The molecule has 2 nitrogen and oxygen atoms in total. The summed E-state index contributed by atoms with van der Waals surface area (Å²) in [7, 11) is 0. The molecule has 1 heterocycles. The van der Waals surface area contributed by atoms with Crippen molar-refractivity contribution in [2.75, 3.05) is 5.32 Å². The van der Waals surface area contributed by atoms with Crippen LogP contribution in [0.3, 0.4) is 0 Å². The molecule has 0 saturated carbocycles. The number of anilines is 1. The van der Waals surface area contributed by atoms with Gasteiger partial charge >= 0.3 is 0 Å². The zero-order valence-corrected chi connectivity index (χ0v) is 10.00. The number of aromatic nitrogens is 1. The maximum absolute atomic E-state index is 13.5. The molecule has 0 bridgehead atoms. The van der Waals surface area contributed by atoms with E-state index in [0.29, 0.717) is 12.2 Å². The molecular formula is C14H15FN2. The second kappa shape index (κ2) is 4.95. The quantitative estimate of drug-likeness (QED) is 0.873. The molecule has 2 rings (SSSR count). The SMILES string of the molecule is Cc1ccc(NCc2ccc(C)nc2)c(F)c1. The standard InChI is InChI=1S/C14H15FN2/c1-10-3-6-14(13(15)7-10)17-9-12-5-4-11(2)16-8-12/h3-8,17H,9H2,1-2H3. The molecule has 88 valence electrons. The third-order valence-corrected chi connectivity index (χ3v) is 2.58. The van der Waals surface area contributed by atoms with Gasteiger partial charge in [0.25, 0.3) is 0 Å². The first-order chi connectivity index (χ1) is 8.15. The van der Waals surface area contributed by atoms with E-state index < -0.39 is 0 Å². The van der Waals surface area contributed by atoms with Crippen LogP contribution < -0.4 is 5.32 Å². The fourth-order valence-corrected chi connectivity index (χ4v) is 1.56. The summed E-state index contributed by atoms with van der Waals surface area (Å²) < 4.78 is 13.5. The summed E-state index contributed by atoms with van der Waals surface area (Å²) in [4.78, 5) is 4.19. The third kappa shape index (κ3) is 3.03. The molecule has 0 radical (unpaired) electrons. The second-order valence-electron chi connectivity index (χ2n) is 4.14. The van der Waals surface area contributed by atoms with Gasteiger partial charge in [0.1, 0.15) is 5.82 Å². The van der Waals surface area contributed by atoms with E-state index >= 15 is 0 Å². The number of benzene rings is 1. The molecule has 0 aliphatic heterocycles. The average Bonchev–Trinajstić information content (AvgIpc) is 2.30. The van der Waals surface area contributed by atoms with Crippen LogP contribution in [0.1, 0.15) is 16.8 Å². The summed E-state index contributed by atoms with van der Waals surface area (Å²) in [5.41, 5.74) is 3.46. The van der Waals surface area contributed by atoms with Crippen molar-refractivity contribution < 1.29 is 4.39 Å². The van der Waals surface area contributed by atoms with E-state index in [9.17, 15) is 4.39 Å².